The summed E-state index contributed by atoms with van der Waals surface area (Å²) in [7, 11) is 0. The molecule has 0 bridgehead atoms. The van der Waals surface area contributed by atoms with E-state index < -0.39 is 0 Å². The molecule has 84 valence electrons. The summed E-state index contributed by atoms with van der Waals surface area (Å²) in [5, 5.41) is 0. The zero-order valence-electron chi connectivity index (χ0n) is 8.53. The standard InChI is InChI=1S/C11H15BrN2.ClH/c12-10-3-1-2-9(6-10)7-14-5-4-11(13)8-14;/h1-3,6,11H,4-5,7-8,13H2;1H/t11-;/m0./s1. The summed E-state index contributed by atoms with van der Waals surface area (Å²) >= 11 is 3.48. The molecule has 1 aromatic rings. The van der Waals surface area contributed by atoms with Gasteiger partial charge in [-0.15, -0.1) is 12.4 Å². The van der Waals surface area contributed by atoms with E-state index in [2.05, 4.69) is 45.1 Å². The molecular formula is C11H16BrClN2. The smallest absolute Gasteiger partial charge is 0.0234 e. The second-order valence-electron chi connectivity index (χ2n) is 3.91. The third-order valence-corrected chi connectivity index (χ3v) is 3.10. The lowest BCUT2D eigenvalue weighted by molar-refractivity contribution is 0.327. The van der Waals surface area contributed by atoms with Gasteiger partial charge in [0.25, 0.3) is 0 Å². The molecule has 1 heterocycles. The van der Waals surface area contributed by atoms with Crippen LogP contribution in [0.1, 0.15) is 12.0 Å². The van der Waals surface area contributed by atoms with Gasteiger partial charge in [0.1, 0.15) is 0 Å². The van der Waals surface area contributed by atoms with Crippen LogP contribution in [0.3, 0.4) is 0 Å². The Bertz CT molecular complexity index is 319. The summed E-state index contributed by atoms with van der Waals surface area (Å²) in [4.78, 5) is 2.41. The fourth-order valence-electron chi connectivity index (χ4n) is 1.90. The van der Waals surface area contributed by atoms with Gasteiger partial charge in [-0.1, -0.05) is 28.1 Å². The van der Waals surface area contributed by atoms with Crippen molar-refractivity contribution in [1.82, 2.24) is 4.90 Å². The topological polar surface area (TPSA) is 29.3 Å². The maximum atomic E-state index is 5.86. The van der Waals surface area contributed by atoms with Gasteiger partial charge in [-0.3, -0.25) is 4.90 Å². The van der Waals surface area contributed by atoms with Crippen LogP contribution >= 0.6 is 28.3 Å². The first-order chi connectivity index (χ1) is 6.74. The molecule has 2 nitrogen and oxygen atoms in total. The predicted molar refractivity (Wildman–Crippen MR) is 69.3 cm³/mol. The Hall–Kier alpha value is -0.0900. The van der Waals surface area contributed by atoms with Crippen molar-refractivity contribution in [3.63, 3.8) is 0 Å². The maximum absolute atomic E-state index is 5.86. The molecular weight excluding hydrogens is 275 g/mol. The number of hydrogen-bond donors (Lipinski definition) is 1. The lowest BCUT2D eigenvalue weighted by Gasteiger charge is -2.15. The van der Waals surface area contributed by atoms with Crippen LogP contribution in [0.5, 0.6) is 0 Å². The van der Waals surface area contributed by atoms with Gasteiger partial charge in [-0.2, -0.15) is 0 Å². The first kappa shape index (κ1) is 13.0. The van der Waals surface area contributed by atoms with Crippen LogP contribution in [0.2, 0.25) is 0 Å². The summed E-state index contributed by atoms with van der Waals surface area (Å²) in [5.41, 5.74) is 7.21. The van der Waals surface area contributed by atoms with E-state index >= 15 is 0 Å². The molecule has 0 aromatic heterocycles. The van der Waals surface area contributed by atoms with Crippen molar-refractivity contribution in [1.29, 1.82) is 0 Å². The highest BCUT2D eigenvalue weighted by Gasteiger charge is 2.18. The molecule has 0 saturated carbocycles. The van der Waals surface area contributed by atoms with Crippen LogP contribution in [0, 0.1) is 0 Å². The molecule has 0 radical (unpaired) electrons. The van der Waals surface area contributed by atoms with E-state index in [9.17, 15) is 0 Å². The second kappa shape index (κ2) is 5.85. The third kappa shape index (κ3) is 3.76. The predicted octanol–water partition coefficient (Wildman–Crippen LogP) is 2.40. The van der Waals surface area contributed by atoms with Gasteiger partial charge in [0.15, 0.2) is 0 Å². The number of likely N-dealkylation sites (tertiary alicyclic amines) is 1. The summed E-state index contributed by atoms with van der Waals surface area (Å²) < 4.78 is 1.15. The number of benzene rings is 1. The normalized spacial score (nSPS) is 21.3. The maximum Gasteiger partial charge on any atom is 0.0234 e. The Morgan fingerprint density at radius 1 is 1.47 bits per heavy atom. The third-order valence-electron chi connectivity index (χ3n) is 2.60. The summed E-state index contributed by atoms with van der Waals surface area (Å²) in [6, 6.07) is 8.84. The Balaban J connectivity index is 0.00000112. The molecule has 1 aromatic carbocycles. The van der Waals surface area contributed by atoms with Crippen LogP contribution in [-0.2, 0) is 6.54 Å². The van der Waals surface area contributed by atoms with Crippen LogP contribution < -0.4 is 5.73 Å². The molecule has 1 saturated heterocycles. The summed E-state index contributed by atoms with van der Waals surface area (Å²) in [6.07, 6.45) is 1.13. The molecule has 2 rings (SSSR count). The van der Waals surface area contributed by atoms with E-state index in [1.54, 1.807) is 0 Å². The minimum atomic E-state index is 0. The van der Waals surface area contributed by atoms with Gasteiger partial charge >= 0.3 is 0 Å². The molecule has 0 amide bonds. The van der Waals surface area contributed by atoms with E-state index in [1.165, 1.54) is 5.56 Å². The molecule has 4 heteroatoms. The number of hydrogen-bond acceptors (Lipinski definition) is 2. The largest absolute Gasteiger partial charge is 0.326 e. The number of nitrogens with zero attached hydrogens (tertiary/aromatic N) is 1. The van der Waals surface area contributed by atoms with E-state index in [0.29, 0.717) is 6.04 Å². The highest BCUT2D eigenvalue weighted by atomic mass is 79.9. The van der Waals surface area contributed by atoms with Crippen LogP contribution in [0.15, 0.2) is 28.7 Å². The first-order valence-electron chi connectivity index (χ1n) is 4.96. The molecule has 2 N–H and O–H groups in total. The van der Waals surface area contributed by atoms with Crippen LogP contribution in [0.25, 0.3) is 0 Å². The Morgan fingerprint density at radius 2 is 2.27 bits per heavy atom. The quantitative estimate of drug-likeness (QED) is 0.907. The Morgan fingerprint density at radius 3 is 2.87 bits per heavy atom. The first-order valence-corrected chi connectivity index (χ1v) is 5.76. The highest BCUT2D eigenvalue weighted by Crippen LogP contribution is 2.16. The van der Waals surface area contributed by atoms with Crippen molar-refractivity contribution >= 4 is 28.3 Å². The Labute approximate surface area is 105 Å². The molecule has 0 unspecified atom stereocenters. The van der Waals surface area contributed by atoms with Crippen molar-refractivity contribution < 1.29 is 0 Å². The highest BCUT2D eigenvalue weighted by molar-refractivity contribution is 9.10. The lowest BCUT2D eigenvalue weighted by Crippen LogP contribution is -2.26. The molecule has 1 aliphatic rings. The molecule has 15 heavy (non-hydrogen) atoms. The van der Waals surface area contributed by atoms with E-state index in [-0.39, 0.29) is 12.4 Å². The van der Waals surface area contributed by atoms with E-state index in [1.807, 2.05) is 0 Å². The molecule has 1 atom stereocenters. The molecule has 1 fully saturated rings. The summed E-state index contributed by atoms with van der Waals surface area (Å²) in [6.45, 7) is 3.19. The number of rotatable bonds is 2. The lowest BCUT2D eigenvalue weighted by atomic mass is 10.2. The Kier molecular flexibility index (Phi) is 5.06. The van der Waals surface area contributed by atoms with Gasteiger partial charge in [-0.05, 0) is 24.1 Å². The molecule has 0 spiro atoms. The SMILES string of the molecule is Cl.N[C@H]1CCN(Cc2cccc(Br)c2)C1. The minimum absolute atomic E-state index is 0. The van der Waals surface area contributed by atoms with Gasteiger partial charge < -0.3 is 5.73 Å². The fraction of sp³-hybridized carbons (Fsp3) is 0.455. The van der Waals surface area contributed by atoms with Crippen molar-refractivity contribution in [3.05, 3.63) is 34.3 Å². The zero-order chi connectivity index (χ0) is 9.97. The zero-order valence-corrected chi connectivity index (χ0v) is 10.9. The van der Waals surface area contributed by atoms with Crippen molar-refractivity contribution in [2.75, 3.05) is 13.1 Å². The van der Waals surface area contributed by atoms with E-state index in [4.69, 9.17) is 5.73 Å². The number of halogens is 2. The molecule has 0 aliphatic carbocycles. The average Bonchev–Trinajstić information content (AvgIpc) is 2.51. The van der Waals surface area contributed by atoms with Gasteiger partial charge in [0.2, 0.25) is 0 Å². The monoisotopic (exact) mass is 290 g/mol. The van der Waals surface area contributed by atoms with Crippen molar-refractivity contribution in [2.45, 2.75) is 19.0 Å². The molecule has 1 aliphatic heterocycles. The van der Waals surface area contributed by atoms with Crippen LogP contribution in [0.4, 0.5) is 0 Å². The van der Waals surface area contributed by atoms with Crippen molar-refractivity contribution in [2.24, 2.45) is 5.73 Å². The second-order valence-corrected chi connectivity index (χ2v) is 4.83. The fourth-order valence-corrected chi connectivity index (χ4v) is 2.35. The van der Waals surface area contributed by atoms with Crippen LogP contribution in [-0.4, -0.2) is 24.0 Å². The average molecular weight is 292 g/mol. The van der Waals surface area contributed by atoms with Crippen molar-refractivity contribution in [3.8, 4) is 0 Å². The van der Waals surface area contributed by atoms with E-state index in [0.717, 1.165) is 30.5 Å². The number of nitrogens with two attached hydrogens (primary N) is 1. The van der Waals surface area contributed by atoms with Gasteiger partial charge in [0, 0.05) is 30.1 Å². The van der Waals surface area contributed by atoms with Gasteiger partial charge in [0.05, 0.1) is 0 Å². The van der Waals surface area contributed by atoms with Gasteiger partial charge in [-0.25, -0.2) is 0 Å². The summed E-state index contributed by atoms with van der Waals surface area (Å²) in [5.74, 6) is 0. The minimum Gasteiger partial charge on any atom is -0.326 e.